The van der Waals surface area contributed by atoms with Crippen LogP contribution in [0.25, 0.3) is 0 Å². The van der Waals surface area contributed by atoms with Crippen molar-refractivity contribution in [2.75, 3.05) is 6.61 Å². The maximum absolute atomic E-state index is 12.1. The maximum atomic E-state index is 12.1. The van der Waals surface area contributed by atoms with Crippen LogP contribution in [0.2, 0.25) is 5.02 Å². The molecule has 0 saturated carbocycles. The highest BCUT2D eigenvalue weighted by Gasteiger charge is 2.20. The molecule has 1 amide bonds. The molecule has 2 aromatic rings. The summed E-state index contributed by atoms with van der Waals surface area (Å²) in [6, 6.07) is 7.68. The number of benzene rings is 1. The second-order valence-electron chi connectivity index (χ2n) is 5.47. The van der Waals surface area contributed by atoms with Gasteiger partial charge in [0.05, 0.1) is 16.0 Å². The van der Waals surface area contributed by atoms with Gasteiger partial charge in [-0.2, -0.15) is 0 Å². The van der Waals surface area contributed by atoms with Crippen molar-refractivity contribution >= 4 is 34.5 Å². The van der Waals surface area contributed by atoms with Crippen LogP contribution in [0.5, 0.6) is 5.75 Å². The fourth-order valence-electron chi connectivity index (χ4n) is 2.11. The zero-order valence-electron chi connectivity index (χ0n) is 13.2. The molecule has 1 unspecified atom stereocenters. The molecule has 0 fully saturated rings. The van der Waals surface area contributed by atoms with Gasteiger partial charge in [-0.3, -0.25) is 14.9 Å². The van der Waals surface area contributed by atoms with Gasteiger partial charge in [-0.15, -0.1) is 11.3 Å². The highest BCUT2D eigenvalue weighted by molar-refractivity contribution is 7.10. The summed E-state index contributed by atoms with van der Waals surface area (Å²) in [4.78, 5) is 23.3. The molecule has 8 heteroatoms. The van der Waals surface area contributed by atoms with Crippen LogP contribution < -0.4 is 10.1 Å². The Kier molecular flexibility index (Phi) is 6.16. The average Bonchev–Trinajstić information content (AvgIpc) is 3.04. The van der Waals surface area contributed by atoms with Gasteiger partial charge in [0.2, 0.25) is 0 Å². The van der Waals surface area contributed by atoms with Crippen LogP contribution in [0.15, 0.2) is 35.7 Å². The number of hydrogen-bond donors (Lipinski definition) is 1. The number of nitro groups is 1. The Hall–Kier alpha value is -2.12. The third-order valence-corrected chi connectivity index (χ3v) is 4.57. The average molecular weight is 369 g/mol. The topological polar surface area (TPSA) is 81.5 Å². The molecule has 128 valence electrons. The van der Waals surface area contributed by atoms with E-state index in [-0.39, 0.29) is 40.9 Å². The van der Waals surface area contributed by atoms with Crippen LogP contribution in [-0.2, 0) is 4.79 Å². The number of amides is 1. The summed E-state index contributed by atoms with van der Waals surface area (Å²) in [7, 11) is 0. The summed E-state index contributed by atoms with van der Waals surface area (Å²) >= 11 is 7.52. The molecule has 6 nitrogen and oxygen atoms in total. The first-order valence-electron chi connectivity index (χ1n) is 7.28. The highest BCUT2D eigenvalue weighted by atomic mass is 35.5. The number of thiophene rings is 1. The molecule has 0 saturated heterocycles. The minimum atomic E-state index is -0.545. The van der Waals surface area contributed by atoms with E-state index in [9.17, 15) is 14.9 Å². The van der Waals surface area contributed by atoms with Crippen molar-refractivity contribution in [2.45, 2.75) is 19.9 Å². The molecule has 1 aromatic carbocycles. The van der Waals surface area contributed by atoms with Gasteiger partial charge >= 0.3 is 0 Å². The van der Waals surface area contributed by atoms with Crippen LogP contribution in [0.4, 0.5) is 5.69 Å². The Morgan fingerprint density at radius 3 is 2.71 bits per heavy atom. The fraction of sp³-hybridized carbons (Fsp3) is 0.312. The van der Waals surface area contributed by atoms with Crippen molar-refractivity contribution in [3.05, 3.63) is 55.7 Å². The number of nitro benzene ring substituents is 1. The molecule has 0 spiro atoms. The predicted octanol–water partition coefficient (Wildman–Crippen LogP) is 4.20. The first-order chi connectivity index (χ1) is 11.4. The zero-order chi connectivity index (χ0) is 17.7. The van der Waals surface area contributed by atoms with Crippen molar-refractivity contribution < 1.29 is 14.5 Å². The SMILES string of the molecule is CC(C)C(NC(=O)COc1ccc([N+](=O)[O-])cc1Cl)c1cccs1. The van der Waals surface area contributed by atoms with E-state index in [1.54, 1.807) is 11.3 Å². The number of nitrogens with one attached hydrogen (secondary N) is 1. The molecule has 24 heavy (non-hydrogen) atoms. The molecule has 0 bridgehead atoms. The van der Waals surface area contributed by atoms with Gasteiger partial charge in [0.25, 0.3) is 11.6 Å². The minimum Gasteiger partial charge on any atom is -0.482 e. The number of ether oxygens (including phenoxy) is 1. The van der Waals surface area contributed by atoms with E-state index in [1.165, 1.54) is 18.2 Å². The summed E-state index contributed by atoms with van der Waals surface area (Å²) in [6.07, 6.45) is 0. The monoisotopic (exact) mass is 368 g/mol. The van der Waals surface area contributed by atoms with Crippen LogP contribution in [-0.4, -0.2) is 17.4 Å². The molecule has 0 radical (unpaired) electrons. The Labute approximate surface area is 148 Å². The predicted molar refractivity (Wildman–Crippen MR) is 93.6 cm³/mol. The first-order valence-corrected chi connectivity index (χ1v) is 8.53. The molecule has 1 N–H and O–H groups in total. The van der Waals surface area contributed by atoms with Gasteiger partial charge in [-0.05, 0) is 23.4 Å². The van der Waals surface area contributed by atoms with Crippen LogP contribution in [0.3, 0.4) is 0 Å². The van der Waals surface area contributed by atoms with E-state index in [0.717, 1.165) is 4.88 Å². The van der Waals surface area contributed by atoms with Crippen molar-refractivity contribution in [1.29, 1.82) is 0 Å². The van der Waals surface area contributed by atoms with Crippen molar-refractivity contribution in [2.24, 2.45) is 5.92 Å². The minimum absolute atomic E-state index is 0.0894. The standard InChI is InChI=1S/C16H17ClN2O4S/c1-10(2)16(14-4-3-7-24-14)18-15(20)9-23-13-6-5-11(19(21)22)8-12(13)17/h3-8,10,16H,9H2,1-2H3,(H,18,20). The molecular weight excluding hydrogens is 352 g/mol. The van der Waals surface area contributed by atoms with Gasteiger partial charge in [0.15, 0.2) is 6.61 Å². The third-order valence-electron chi connectivity index (χ3n) is 3.32. The van der Waals surface area contributed by atoms with Crippen LogP contribution in [0.1, 0.15) is 24.8 Å². The first kappa shape index (κ1) is 18.2. The van der Waals surface area contributed by atoms with Crippen LogP contribution in [0, 0.1) is 16.0 Å². The van der Waals surface area contributed by atoms with Crippen molar-refractivity contribution in [1.82, 2.24) is 5.32 Å². The molecule has 0 aliphatic rings. The number of halogens is 1. The highest BCUT2D eigenvalue weighted by Crippen LogP contribution is 2.29. The number of carbonyl (C=O) groups is 1. The quantitative estimate of drug-likeness (QED) is 0.586. The summed E-state index contributed by atoms with van der Waals surface area (Å²) in [6.45, 7) is 3.84. The smallest absolute Gasteiger partial charge is 0.271 e. The van der Waals surface area contributed by atoms with E-state index in [2.05, 4.69) is 5.32 Å². The van der Waals surface area contributed by atoms with E-state index in [1.807, 2.05) is 31.4 Å². The Bertz CT molecular complexity index is 719. The largest absolute Gasteiger partial charge is 0.482 e. The van der Waals surface area contributed by atoms with Gasteiger partial charge in [-0.1, -0.05) is 31.5 Å². The number of nitrogens with zero attached hydrogens (tertiary/aromatic N) is 1. The molecule has 1 aromatic heterocycles. The number of rotatable bonds is 7. The lowest BCUT2D eigenvalue weighted by Crippen LogP contribution is -2.34. The van der Waals surface area contributed by atoms with E-state index >= 15 is 0 Å². The summed E-state index contributed by atoms with van der Waals surface area (Å²) in [5, 5.41) is 15.7. The van der Waals surface area contributed by atoms with Crippen LogP contribution >= 0.6 is 22.9 Å². The van der Waals surface area contributed by atoms with E-state index in [0.29, 0.717) is 0 Å². The van der Waals surface area contributed by atoms with Crippen molar-refractivity contribution in [3.8, 4) is 5.75 Å². The molecule has 2 rings (SSSR count). The summed E-state index contributed by atoms with van der Waals surface area (Å²) in [5.41, 5.74) is -0.130. The third kappa shape index (κ3) is 4.69. The summed E-state index contributed by atoms with van der Waals surface area (Å²) in [5.74, 6) is 0.182. The molecule has 0 aliphatic carbocycles. The molecular formula is C16H17ClN2O4S. The lowest BCUT2D eigenvalue weighted by Gasteiger charge is -2.21. The second-order valence-corrected chi connectivity index (χ2v) is 6.85. The van der Waals surface area contributed by atoms with Crippen molar-refractivity contribution in [3.63, 3.8) is 0 Å². The summed E-state index contributed by atoms with van der Waals surface area (Å²) < 4.78 is 5.37. The zero-order valence-corrected chi connectivity index (χ0v) is 14.8. The normalized spacial score (nSPS) is 12.0. The van der Waals surface area contributed by atoms with Gasteiger partial charge < -0.3 is 10.1 Å². The molecule has 1 atom stereocenters. The lowest BCUT2D eigenvalue weighted by molar-refractivity contribution is -0.384. The lowest BCUT2D eigenvalue weighted by atomic mass is 10.0. The Morgan fingerprint density at radius 1 is 1.42 bits per heavy atom. The second kappa shape index (κ2) is 8.12. The molecule has 1 heterocycles. The van der Waals surface area contributed by atoms with E-state index in [4.69, 9.17) is 16.3 Å². The van der Waals surface area contributed by atoms with Gasteiger partial charge in [0, 0.05) is 17.0 Å². The Balaban J connectivity index is 1.96. The Morgan fingerprint density at radius 2 is 2.17 bits per heavy atom. The van der Waals surface area contributed by atoms with E-state index < -0.39 is 4.92 Å². The number of non-ortho nitro benzene ring substituents is 1. The maximum Gasteiger partial charge on any atom is 0.271 e. The van der Waals surface area contributed by atoms with Gasteiger partial charge in [0.1, 0.15) is 5.75 Å². The number of hydrogen-bond acceptors (Lipinski definition) is 5. The fourth-order valence-corrected chi connectivity index (χ4v) is 3.29. The van der Waals surface area contributed by atoms with Gasteiger partial charge in [-0.25, -0.2) is 0 Å². The number of carbonyl (C=O) groups excluding carboxylic acids is 1. The molecule has 0 aliphatic heterocycles.